The third-order valence-electron chi connectivity index (χ3n) is 5.17. The molecule has 9 heteroatoms. The summed E-state index contributed by atoms with van der Waals surface area (Å²) in [6.07, 6.45) is 10.5. The highest BCUT2D eigenvalue weighted by Gasteiger charge is 2.25. The van der Waals surface area contributed by atoms with Gasteiger partial charge < -0.3 is 15.6 Å². The van der Waals surface area contributed by atoms with Gasteiger partial charge in [-0.05, 0) is 37.7 Å². The second kappa shape index (κ2) is 7.79. The molecule has 0 atom stereocenters. The van der Waals surface area contributed by atoms with Gasteiger partial charge in [-0.15, -0.1) is 0 Å². The zero-order valence-corrected chi connectivity index (χ0v) is 15.7. The Morgan fingerprint density at radius 1 is 1.25 bits per heavy atom. The van der Waals surface area contributed by atoms with E-state index in [0.717, 1.165) is 25.7 Å². The Balaban J connectivity index is 1.46. The predicted molar refractivity (Wildman–Crippen MR) is 103 cm³/mol. The number of nitrogens with one attached hydrogen (secondary N) is 3. The van der Waals surface area contributed by atoms with E-state index in [1.165, 1.54) is 6.92 Å². The van der Waals surface area contributed by atoms with Crippen LogP contribution in [0.1, 0.15) is 43.1 Å². The van der Waals surface area contributed by atoms with Gasteiger partial charge in [0.25, 0.3) is 5.91 Å². The van der Waals surface area contributed by atoms with Crippen molar-refractivity contribution < 1.29 is 9.59 Å². The van der Waals surface area contributed by atoms with Crippen molar-refractivity contribution in [2.45, 2.75) is 38.6 Å². The average molecular weight is 381 g/mol. The largest absolute Gasteiger partial charge is 0.358 e. The number of aromatic nitrogens is 5. The lowest BCUT2D eigenvalue weighted by Crippen LogP contribution is -2.40. The van der Waals surface area contributed by atoms with Crippen LogP contribution in [0.4, 0.5) is 0 Å². The third kappa shape index (κ3) is 3.88. The molecule has 0 saturated heterocycles. The number of carbonyl (C=O) groups excluding carboxylic acids is 2. The fraction of sp³-hybridized carbons (Fsp3) is 0.421. The maximum atomic E-state index is 12.9. The summed E-state index contributed by atoms with van der Waals surface area (Å²) in [7, 11) is 0. The highest BCUT2D eigenvalue weighted by atomic mass is 16.2. The van der Waals surface area contributed by atoms with Crippen LogP contribution in [-0.4, -0.2) is 48.9 Å². The summed E-state index contributed by atoms with van der Waals surface area (Å²) in [5.41, 5.74) is 1.64. The third-order valence-corrected chi connectivity index (χ3v) is 5.17. The first kappa shape index (κ1) is 18.1. The monoisotopic (exact) mass is 381 g/mol. The van der Waals surface area contributed by atoms with E-state index in [4.69, 9.17) is 0 Å². The van der Waals surface area contributed by atoms with Gasteiger partial charge in [0, 0.05) is 38.1 Å². The van der Waals surface area contributed by atoms with E-state index in [1.54, 1.807) is 29.5 Å². The zero-order chi connectivity index (χ0) is 19.5. The Kier molecular flexibility index (Phi) is 5.05. The molecule has 0 bridgehead atoms. The molecular formula is C19H23N7O2. The van der Waals surface area contributed by atoms with E-state index in [1.807, 2.05) is 6.07 Å². The molecule has 28 heavy (non-hydrogen) atoms. The molecule has 2 amide bonds. The Bertz CT molecular complexity index is 972. The van der Waals surface area contributed by atoms with Crippen molar-refractivity contribution >= 4 is 22.8 Å². The predicted octanol–water partition coefficient (Wildman–Crippen LogP) is 1.57. The van der Waals surface area contributed by atoms with Gasteiger partial charge in [0.15, 0.2) is 5.69 Å². The SMILES string of the molecule is CC(=O)NCC1CCC(NC(=O)c2nc(-n3ccnc3)nc3cc[nH]c23)CC1. The number of rotatable bonds is 5. The van der Waals surface area contributed by atoms with Gasteiger partial charge in [-0.3, -0.25) is 14.2 Å². The Morgan fingerprint density at radius 3 is 2.79 bits per heavy atom. The topological polar surface area (TPSA) is 118 Å². The minimum Gasteiger partial charge on any atom is -0.358 e. The molecule has 0 unspecified atom stereocenters. The van der Waals surface area contributed by atoms with Crippen molar-refractivity contribution in [1.82, 2.24) is 35.1 Å². The van der Waals surface area contributed by atoms with Gasteiger partial charge in [-0.2, -0.15) is 0 Å². The van der Waals surface area contributed by atoms with E-state index >= 15 is 0 Å². The van der Waals surface area contributed by atoms with Crippen LogP contribution in [-0.2, 0) is 4.79 Å². The van der Waals surface area contributed by atoms with Crippen LogP contribution in [0.5, 0.6) is 0 Å². The number of nitrogens with zero attached hydrogens (tertiary/aromatic N) is 4. The molecule has 3 aromatic heterocycles. The number of imidazole rings is 1. The Hall–Kier alpha value is -3.23. The summed E-state index contributed by atoms with van der Waals surface area (Å²) < 4.78 is 1.68. The normalized spacial score (nSPS) is 19.5. The summed E-state index contributed by atoms with van der Waals surface area (Å²) in [5.74, 6) is 0.678. The summed E-state index contributed by atoms with van der Waals surface area (Å²) in [6.45, 7) is 2.24. The van der Waals surface area contributed by atoms with Crippen LogP contribution in [0.15, 0.2) is 31.0 Å². The van der Waals surface area contributed by atoms with Crippen LogP contribution in [0.2, 0.25) is 0 Å². The van der Waals surface area contributed by atoms with Crippen molar-refractivity contribution in [3.8, 4) is 5.95 Å². The average Bonchev–Trinajstić information content (AvgIpc) is 3.38. The quantitative estimate of drug-likeness (QED) is 0.620. The number of hydrogen-bond acceptors (Lipinski definition) is 5. The van der Waals surface area contributed by atoms with Gasteiger partial charge in [0.05, 0.1) is 11.0 Å². The first-order valence-corrected chi connectivity index (χ1v) is 9.49. The van der Waals surface area contributed by atoms with E-state index < -0.39 is 0 Å². The fourth-order valence-corrected chi connectivity index (χ4v) is 3.64. The van der Waals surface area contributed by atoms with Gasteiger partial charge in [0.1, 0.15) is 6.33 Å². The number of carbonyl (C=O) groups is 2. The van der Waals surface area contributed by atoms with Crippen molar-refractivity contribution in [1.29, 1.82) is 0 Å². The number of H-pyrrole nitrogens is 1. The van der Waals surface area contributed by atoms with Crippen LogP contribution in [0, 0.1) is 5.92 Å². The molecule has 1 saturated carbocycles. The summed E-state index contributed by atoms with van der Waals surface area (Å²) in [5, 5.41) is 5.99. The Labute approximate surface area is 162 Å². The highest BCUT2D eigenvalue weighted by Crippen LogP contribution is 2.24. The number of fused-ring (bicyclic) bond motifs is 1. The number of aromatic amines is 1. The molecule has 9 nitrogen and oxygen atoms in total. The van der Waals surface area contributed by atoms with Gasteiger partial charge in [0.2, 0.25) is 11.9 Å². The van der Waals surface area contributed by atoms with Gasteiger partial charge in [-0.1, -0.05) is 0 Å². The molecule has 3 aromatic rings. The van der Waals surface area contributed by atoms with E-state index in [0.29, 0.717) is 35.1 Å². The van der Waals surface area contributed by atoms with Gasteiger partial charge >= 0.3 is 0 Å². The second-order valence-corrected chi connectivity index (χ2v) is 7.21. The molecule has 0 aliphatic heterocycles. The van der Waals surface area contributed by atoms with E-state index in [9.17, 15) is 9.59 Å². The van der Waals surface area contributed by atoms with Crippen LogP contribution in [0.25, 0.3) is 17.0 Å². The maximum Gasteiger partial charge on any atom is 0.272 e. The van der Waals surface area contributed by atoms with Crippen LogP contribution in [0.3, 0.4) is 0 Å². The minimum absolute atomic E-state index is 0.00264. The standard InChI is InChI=1S/C19H23N7O2/c1-12(27)22-10-13-2-4-14(5-3-13)23-18(28)17-16-15(6-7-21-16)24-19(25-17)26-9-8-20-11-26/h6-9,11,13-14,21H,2-5,10H2,1H3,(H,22,27)(H,23,28). The molecule has 0 spiro atoms. The van der Waals surface area contributed by atoms with Crippen molar-refractivity contribution in [3.63, 3.8) is 0 Å². The smallest absolute Gasteiger partial charge is 0.272 e. The first-order valence-electron chi connectivity index (χ1n) is 9.49. The molecule has 1 aliphatic rings. The zero-order valence-electron chi connectivity index (χ0n) is 15.7. The molecule has 1 aliphatic carbocycles. The highest BCUT2D eigenvalue weighted by molar-refractivity contribution is 6.03. The molecule has 3 N–H and O–H groups in total. The fourth-order valence-electron chi connectivity index (χ4n) is 3.64. The van der Waals surface area contributed by atoms with Crippen LogP contribution >= 0.6 is 0 Å². The summed E-state index contributed by atoms with van der Waals surface area (Å²) >= 11 is 0. The molecule has 3 heterocycles. The summed E-state index contributed by atoms with van der Waals surface area (Å²) in [6, 6.07) is 1.93. The molecular weight excluding hydrogens is 358 g/mol. The van der Waals surface area contributed by atoms with Gasteiger partial charge in [-0.25, -0.2) is 15.0 Å². The number of amides is 2. The van der Waals surface area contributed by atoms with E-state index in [2.05, 4.69) is 30.6 Å². The minimum atomic E-state index is -0.207. The molecule has 146 valence electrons. The lowest BCUT2D eigenvalue weighted by atomic mass is 9.86. The summed E-state index contributed by atoms with van der Waals surface area (Å²) in [4.78, 5) is 40.0. The molecule has 0 aromatic carbocycles. The maximum absolute atomic E-state index is 12.9. The van der Waals surface area contributed by atoms with E-state index in [-0.39, 0.29) is 17.9 Å². The molecule has 4 rings (SSSR count). The second-order valence-electron chi connectivity index (χ2n) is 7.21. The molecule has 1 fully saturated rings. The van der Waals surface area contributed by atoms with Crippen molar-refractivity contribution in [3.05, 3.63) is 36.7 Å². The lowest BCUT2D eigenvalue weighted by Gasteiger charge is -2.29. The van der Waals surface area contributed by atoms with Crippen molar-refractivity contribution in [2.75, 3.05) is 6.54 Å². The Morgan fingerprint density at radius 2 is 2.07 bits per heavy atom. The number of hydrogen-bond donors (Lipinski definition) is 3. The first-order chi connectivity index (χ1) is 13.6. The lowest BCUT2D eigenvalue weighted by molar-refractivity contribution is -0.119. The van der Waals surface area contributed by atoms with Crippen molar-refractivity contribution in [2.24, 2.45) is 5.92 Å². The molecule has 0 radical (unpaired) electrons. The van der Waals surface area contributed by atoms with Crippen LogP contribution < -0.4 is 10.6 Å².